The van der Waals surface area contributed by atoms with Crippen molar-refractivity contribution in [3.05, 3.63) is 0 Å². The molecule has 9 heteroatoms. The first kappa shape index (κ1) is 19.8. The van der Waals surface area contributed by atoms with Crippen LogP contribution in [0.2, 0.25) is 0 Å². The van der Waals surface area contributed by atoms with Gasteiger partial charge >= 0.3 is 0 Å². The van der Waals surface area contributed by atoms with Crippen LogP contribution in [0, 0.1) is 0 Å². The zero-order valence-corrected chi connectivity index (χ0v) is 13.1. The number of rotatable bonds is 9. The number of nitrogens with one attached hydrogen (secondary N) is 3. The molecule has 0 saturated carbocycles. The molecule has 0 rings (SSSR count). The van der Waals surface area contributed by atoms with Crippen molar-refractivity contribution < 1.29 is 19.2 Å². The molecule has 0 aliphatic carbocycles. The van der Waals surface area contributed by atoms with Crippen LogP contribution < -0.4 is 27.4 Å². The predicted octanol–water partition coefficient (Wildman–Crippen LogP) is -2.28. The van der Waals surface area contributed by atoms with E-state index in [1.54, 1.807) is 0 Å². The van der Waals surface area contributed by atoms with Crippen LogP contribution in [0.15, 0.2) is 0 Å². The summed E-state index contributed by atoms with van der Waals surface area (Å²) in [6.45, 7) is 4.59. The fourth-order valence-corrected chi connectivity index (χ4v) is 1.64. The topological polar surface area (TPSA) is 156 Å². The molecule has 0 aromatic rings. The molecule has 4 amide bonds. The molecule has 0 fully saturated rings. The molecule has 22 heavy (non-hydrogen) atoms. The van der Waals surface area contributed by atoms with E-state index >= 15 is 0 Å². The van der Waals surface area contributed by atoms with Crippen molar-refractivity contribution in [2.75, 3.05) is 6.54 Å². The first-order valence-corrected chi connectivity index (χ1v) is 7.06. The second kappa shape index (κ2) is 9.72. The van der Waals surface area contributed by atoms with Gasteiger partial charge in [-0.3, -0.25) is 19.2 Å². The minimum Gasteiger partial charge on any atom is -0.368 e. The zero-order chi connectivity index (χ0) is 17.3. The Balaban J connectivity index is 4.75. The number of hydrogen-bond acceptors (Lipinski definition) is 5. The van der Waals surface area contributed by atoms with Gasteiger partial charge in [0.2, 0.25) is 23.6 Å². The SMILES string of the molecule is CC(=O)N[C@@H](C)C(=O)N[C@@H](CCCN)C(=O)N[C@@H](C)C(N)=O. The number of carbonyl (C=O) groups excluding carboxylic acids is 4. The quantitative estimate of drug-likeness (QED) is 0.324. The molecule has 3 atom stereocenters. The summed E-state index contributed by atoms with van der Waals surface area (Å²) in [4.78, 5) is 45.9. The molecule has 0 spiro atoms. The smallest absolute Gasteiger partial charge is 0.243 e. The molecular weight excluding hydrogens is 290 g/mol. The second-order valence-corrected chi connectivity index (χ2v) is 5.05. The van der Waals surface area contributed by atoms with Gasteiger partial charge in [-0.25, -0.2) is 0 Å². The van der Waals surface area contributed by atoms with Crippen LogP contribution >= 0.6 is 0 Å². The van der Waals surface area contributed by atoms with Gasteiger partial charge in [0.15, 0.2) is 0 Å². The lowest BCUT2D eigenvalue weighted by Crippen LogP contribution is -2.55. The molecule has 0 heterocycles. The summed E-state index contributed by atoms with van der Waals surface area (Å²) >= 11 is 0. The van der Waals surface area contributed by atoms with Crippen LogP contribution in [-0.4, -0.2) is 48.3 Å². The highest BCUT2D eigenvalue weighted by Gasteiger charge is 2.25. The van der Waals surface area contributed by atoms with Crippen LogP contribution in [0.5, 0.6) is 0 Å². The third-order valence-corrected chi connectivity index (χ3v) is 2.93. The summed E-state index contributed by atoms with van der Waals surface area (Å²) < 4.78 is 0. The number of nitrogens with two attached hydrogens (primary N) is 2. The molecular formula is C13H25N5O4. The van der Waals surface area contributed by atoms with Crippen molar-refractivity contribution >= 4 is 23.6 Å². The molecule has 0 radical (unpaired) electrons. The first-order chi connectivity index (χ1) is 10.2. The molecule has 126 valence electrons. The van der Waals surface area contributed by atoms with E-state index in [4.69, 9.17) is 11.5 Å². The van der Waals surface area contributed by atoms with E-state index in [0.717, 1.165) is 0 Å². The van der Waals surface area contributed by atoms with Gasteiger partial charge in [0.05, 0.1) is 0 Å². The van der Waals surface area contributed by atoms with Gasteiger partial charge in [-0.05, 0) is 33.2 Å². The molecule has 0 bridgehead atoms. The molecule has 7 N–H and O–H groups in total. The highest BCUT2D eigenvalue weighted by Crippen LogP contribution is 1.99. The van der Waals surface area contributed by atoms with E-state index < -0.39 is 35.8 Å². The average Bonchev–Trinajstić information content (AvgIpc) is 2.41. The summed E-state index contributed by atoms with van der Waals surface area (Å²) in [7, 11) is 0. The van der Waals surface area contributed by atoms with Gasteiger partial charge in [-0.1, -0.05) is 0 Å². The molecule has 0 aromatic carbocycles. The van der Waals surface area contributed by atoms with E-state index in [2.05, 4.69) is 16.0 Å². The van der Waals surface area contributed by atoms with E-state index in [1.807, 2.05) is 0 Å². The monoisotopic (exact) mass is 315 g/mol. The fourth-order valence-electron chi connectivity index (χ4n) is 1.64. The van der Waals surface area contributed by atoms with Crippen molar-refractivity contribution in [2.24, 2.45) is 11.5 Å². The second-order valence-electron chi connectivity index (χ2n) is 5.05. The normalized spacial score (nSPS) is 14.4. The summed E-state index contributed by atoms with van der Waals surface area (Å²) in [5.41, 5.74) is 10.5. The number of hydrogen-bond donors (Lipinski definition) is 5. The molecule has 0 aromatic heterocycles. The van der Waals surface area contributed by atoms with Crippen LogP contribution in [-0.2, 0) is 19.2 Å². The Morgan fingerprint density at radius 1 is 0.955 bits per heavy atom. The van der Waals surface area contributed by atoms with E-state index in [9.17, 15) is 19.2 Å². The van der Waals surface area contributed by atoms with Gasteiger partial charge < -0.3 is 27.4 Å². The number of amides is 4. The van der Waals surface area contributed by atoms with E-state index in [0.29, 0.717) is 19.4 Å². The zero-order valence-electron chi connectivity index (χ0n) is 13.1. The summed E-state index contributed by atoms with van der Waals surface area (Å²) in [6, 6.07) is -2.48. The molecule has 0 unspecified atom stereocenters. The third-order valence-electron chi connectivity index (χ3n) is 2.93. The van der Waals surface area contributed by atoms with Crippen molar-refractivity contribution in [2.45, 2.75) is 51.7 Å². The van der Waals surface area contributed by atoms with E-state index in [-0.39, 0.29) is 5.91 Å². The van der Waals surface area contributed by atoms with Crippen molar-refractivity contribution in [3.8, 4) is 0 Å². The minimum atomic E-state index is -0.853. The Bertz CT molecular complexity index is 427. The largest absolute Gasteiger partial charge is 0.368 e. The Morgan fingerprint density at radius 2 is 1.55 bits per heavy atom. The molecule has 0 saturated heterocycles. The maximum Gasteiger partial charge on any atom is 0.243 e. The highest BCUT2D eigenvalue weighted by atomic mass is 16.2. The van der Waals surface area contributed by atoms with E-state index in [1.165, 1.54) is 20.8 Å². The predicted molar refractivity (Wildman–Crippen MR) is 80.3 cm³/mol. The Morgan fingerprint density at radius 3 is 2.00 bits per heavy atom. The Kier molecular flexibility index (Phi) is 8.76. The van der Waals surface area contributed by atoms with Gasteiger partial charge in [-0.2, -0.15) is 0 Å². The van der Waals surface area contributed by atoms with Gasteiger partial charge in [0, 0.05) is 6.92 Å². The average molecular weight is 315 g/mol. The lowest BCUT2D eigenvalue weighted by atomic mass is 10.1. The highest BCUT2D eigenvalue weighted by molar-refractivity contribution is 5.93. The molecule has 0 aliphatic rings. The molecule has 0 aliphatic heterocycles. The Labute approximate surface area is 129 Å². The van der Waals surface area contributed by atoms with Crippen molar-refractivity contribution in [1.82, 2.24) is 16.0 Å². The lowest BCUT2D eigenvalue weighted by molar-refractivity contribution is -0.132. The van der Waals surface area contributed by atoms with Crippen LogP contribution in [0.1, 0.15) is 33.6 Å². The summed E-state index contributed by atoms with van der Waals surface area (Å²) in [5.74, 6) is -2.06. The number of carbonyl (C=O) groups is 4. The minimum absolute atomic E-state index is 0.312. The van der Waals surface area contributed by atoms with Crippen molar-refractivity contribution in [3.63, 3.8) is 0 Å². The summed E-state index contributed by atoms with van der Waals surface area (Å²) in [6.07, 6.45) is 0.824. The van der Waals surface area contributed by atoms with Gasteiger partial charge in [-0.15, -0.1) is 0 Å². The Hall–Kier alpha value is -2.16. The maximum absolute atomic E-state index is 12.1. The van der Waals surface area contributed by atoms with Gasteiger partial charge in [0.25, 0.3) is 0 Å². The number of primary amides is 1. The fraction of sp³-hybridized carbons (Fsp3) is 0.692. The molecule has 9 nitrogen and oxygen atoms in total. The van der Waals surface area contributed by atoms with Crippen LogP contribution in [0.25, 0.3) is 0 Å². The van der Waals surface area contributed by atoms with Crippen LogP contribution in [0.3, 0.4) is 0 Å². The lowest BCUT2D eigenvalue weighted by Gasteiger charge is -2.22. The van der Waals surface area contributed by atoms with Crippen molar-refractivity contribution in [1.29, 1.82) is 0 Å². The first-order valence-electron chi connectivity index (χ1n) is 7.06. The maximum atomic E-state index is 12.1. The summed E-state index contributed by atoms with van der Waals surface area (Å²) in [5, 5.41) is 7.37. The standard InChI is InChI=1S/C13H25N5O4/c1-7(11(15)20)17-13(22)10(5-4-6-14)18-12(21)8(2)16-9(3)19/h7-8,10H,4-6,14H2,1-3H3,(H2,15,20)(H,16,19)(H,17,22)(H,18,21)/t7-,8-,10-/m0/s1. The third kappa shape index (κ3) is 7.58. The van der Waals surface area contributed by atoms with Crippen LogP contribution in [0.4, 0.5) is 0 Å². The van der Waals surface area contributed by atoms with Gasteiger partial charge in [0.1, 0.15) is 18.1 Å².